The zero-order valence-corrected chi connectivity index (χ0v) is 13.9. The highest BCUT2D eigenvalue weighted by Crippen LogP contribution is 2.31. The van der Waals surface area contributed by atoms with Crippen molar-refractivity contribution in [3.63, 3.8) is 0 Å². The van der Waals surface area contributed by atoms with Gasteiger partial charge in [0.2, 0.25) is 5.91 Å². The van der Waals surface area contributed by atoms with Crippen LogP contribution in [0.25, 0.3) is 0 Å². The molecule has 0 aromatic carbocycles. The molecule has 1 aliphatic carbocycles. The van der Waals surface area contributed by atoms with Crippen LogP contribution >= 0.6 is 0 Å². The van der Waals surface area contributed by atoms with Gasteiger partial charge < -0.3 is 10.2 Å². The molecule has 0 bridgehead atoms. The van der Waals surface area contributed by atoms with Gasteiger partial charge in [-0.05, 0) is 57.6 Å². The fourth-order valence-electron chi connectivity index (χ4n) is 1.85. The van der Waals surface area contributed by atoms with Crippen LogP contribution in [0, 0.1) is 11.3 Å². The van der Waals surface area contributed by atoms with Crippen LogP contribution in [0.3, 0.4) is 0 Å². The number of allylic oxidation sites excluding steroid dienone is 1. The molecule has 1 aliphatic rings. The van der Waals surface area contributed by atoms with Crippen LogP contribution in [0.15, 0.2) is 12.0 Å². The summed E-state index contributed by atoms with van der Waals surface area (Å²) in [5.74, 6) is 0.340. The summed E-state index contributed by atoms with van der Waals surface area (Å²) in [4.78, 5) is 14.3. The van der Waals surface area contributed by atoms with Crippen molar-refractivity contribution in [1.82, 2.24) is 10.2 Å². The van der Waals surface area contributed by atoms with Crippen molar-refractivity contribution in [1.29, 1.82) is 0 Å². The van der Waals surface area contributed by atoms with Crippen LogP contribution in [-0.2, 0) is 4.79 Å². The van der Waals surface area contributed by atoms with Crippen molar-refractivity contribution < 1.29 is 15.0 Å². The average Bonchev–Trinajstić information content (AvgIpc) is 3.20. The Hall–Kier alpha value is -1.07. The Morgan fingerprint density at radius 1 is 1.33 bits per heavy atom. The normalized spacial score (nSPS) is 17.2. The lowest BCUT2D eigenvalue weighted by atomic mass is 9.90. The van der Waals surface area contributed by atoms with Crippen molar-refractivity contribution in [2.75, 3.05) is 20.2 Å². The predicted octanol–water partition coefficient (Wildman–Crippen LogP) is 2.03. The average molecular weight is 298 g/mol. The maximum Gasteiger partial charge on any atom is 0.246 e. The van der Waals surface area contributed by atoms with Gasteiger partial charge in [0.1, 0.15) is 0 Å². The minimum Gasteiger partial charge on any atom is -0.495 e. The van der Waals surface area contributed by atoms with Crippen LogP contribution in [0.2, 0.25) is 0 Å². The molecule has 0 heterocycles. The van der Waals surface area contributed by atoms with E-state index in [0.29, 0.717) is 12.3 Å². The first-order valence-electron chi connectivity index (χ1n) is 7.61. The van der Waals surface area contributed by atoms with E-state index in [1.165, 1.54) is 12.8 Å². The molecule has 0 aliphatic heterocycles. The van der Waals surface area contributed by atoms with Gasteiger partial charge in [-0.2, -0.15) is 0 Å². The molecule has 0 atom stereocenters. The van der Waals surface area contributed by atoms with Gasteiger partial charge in [-0.3, -0.25) is 15.0 Å². The fourth-order valence-corrected chi connectivity index (χ4v) is 1.85. The Morgan fingerprint density at radius 3 is 2.38 bits per heavy atom. The summed E-state index contributed by atoms with van der Waals surface area (Å²) in [6.45, 7) is 8.44. The molecule has 1 amide bonds. The SMILES string of the molecule is CN(CC1CC1)C(C)(C)C(=O)N/C(O)=C/CC(C)(C)CO. The zero-order chi connectivity index (χ0) is 16.3. The van der Waals surface area contributed by atoms with E-state index in [1.54, 1.807) is 6.08 Å². The van der Waals surface area contributed by atoms with Crippen LogP contribution in [0.1, 0.15) is 47.0 Å². The minimum absolute atomic E-state index is 0.0281. The molecular weight excluding hydrogens is 268 g/mol. The zero-order valence-electron chi connectivity index (χ0n) is 13.9. The van der Waals surface area contributed by atoms with Crippen LogP contribution in [0.4, 0.5) is 0 Å². The van der Waals surface area contributed by atoms with E-state index in [-0.39, 0.29) is 23.8 Å². The van der Waals surface area contributed by atoms with Crippen molar-refractivity contribution in [2.45, 2.75) is 52.5 Å². The lowest BCUT2D eigenvalue weighted by Crippen LogP contribution is -2.53. The number of aliphatic hydroxyl groups is 2. The van der Waals surface area contributed by atoms with Gasteiger partial charge in [0.25, 0.3) is 0 Å². The number of nitrogens with one attached hydrogen (secondary N) is 1. The first kappa shape index (κ1) is 18.0. The minimum atomic E-state index is -0.670. The third-order valence-corrected chi connectivity index (χ3v) is 4.26. The molecule has 0 radical (unpaired) electrons. The van der Waals surface area contributed by atoms with Gasteiger partial charge in [0.15, 0.2) is 5.88 Å². The molecule has 122 valence electrons. The van der Waals surface area contributed by atoms with E-state index in [4.69, 9.17) is 0 Å². The highest BCUT2D eigenvalue weighted by molar-refractivity contribution is 5.86. The fraction of sp³-hybridized carbons (Fsp3) is 0.812. The monoisotopic (exact) mass is 298 g/mol. The van der Waals surface area contributed by atoms with Gasteiger partial charge in [0, 0.05) is 13.2 Å². The maximum atomic E-state index is 12.3. The molecule has 0 aromatic rings. The summed E-state index contributed by atoms with van der Waals surface area (Å²) < 4.78 is 0. The lowest BCUT2D eigenvalue weighted by molar-refractivity contribution is -0.130. The second-order valence-electron chi connectivity index (χ2n) is 7.45. The highest BCUT2D eigenvalue weighted by Gasteiger charge is 2.35. The molecular formula is C16H30N2O3. The summed E-state index contributed by atoms with van der Waals surface area (Å²) in [6, 6.07) is 0. The summed E-state index contributed by atoms with van der Waals surface area (Å²) in [5, 5.41) is 21.6. The summed E-state index contributed by atoms with van der Waals surface area (Å²) in [6.07, 6.45) is 4.52. The van der Waals surface area contributed by atoms with E-state index in [2.05, 4.69) is 5.32 Å². The molecule has 5 heteroatoms. The van der Waals surface area contributed by atoms with Crippen LogP contribution < -0.4 is 5.32 Å². The Morgan fingerprint density at radius 2 is 1.90 bits per heavy atom. The Balaban J connectivity index is 2.55. The molecule has 0 saturated heterocycles. The Labute approximate surface area is 128 Å². The van der Waals surface area contributed by atoms with Crippen molar-refractivity contribution in [3.05, 3.63) is 12.0 Å². The smallest absolute Gasteiger partial charge is 0.246 e. The largest absolute Gasteiger partial charge is 0.495 e. The number of carbonyl (C=O) groups is 1. The second kappa shape index (κ2) is 6.79. The Kier molecular flexibility index (Phi) is 5.82. The molecule has 1 rings (SSSR count). The number of hydrogen-bond donors (Lipinski definition) is 3. The van der Waals surface area contributed by atoms with E-state index in [0.717, 1.165) is 6.54 Å². The summed E-state index contributed by atoms with van der Waals surface area (Å²) in [7, 11) is 1.94. The third-order valence-electron chi connectivity index (χ3n) is 4.26. The quantitative estimate of drug-likeness (QED) is 0.600. The number of amides is 1. The number of rotatable bonds is 8. The standard InChI is InChI=1S/C16H30N2O3/c1-15(2,11-19)9-8-13(20)17-14(21)16(3,4)18(5)10-12-6-7-12/h8,12,19-20H,6-7,9-11H2,1-5H3,(H,17,21)/b13-8-. The highest BCUT2D eigenvalue weighted by atomic mass is 16.3. The topological polar surface area (TPSA) is 72.8 Å². The summed E-state index contributed by atoms with van der Waals surface area (Å²) in [5.41, 5.74) is -0.978. The first-order valence-corrected chi connectivity index (χ1v) is 7.61. The van der Waals surface area contributed by atoms with E-state index in [9.17, 15) is 15.0 Å². The maximum absolute atomic E-state index is 12.3. The number of likely N-dealkylation sites (N-methyl/N-ethyl adjacent to an activating group) is 1. The van der Waals surface area contributed by atoms with Gasteiger partial charge in [-0.15, -0.1) is 0 Å². The second-order valence-corrected chi connectivity index (χ2v) is 7.45. The molecule has 1 fully saturated rings. The van der Waals surface area contributed by atoms with Crippen molar-refractivity contribution in [3.8, 4) is 0 Å². The molecule has 5 nitrogen and oxygen atoms in total. The van der Waals surface area contributed by atoms with E-state index in [1.807, 2.05) is 39.6 Å². The van der Waals surface area contributed by atoms with Gasteiger partial charge in [0.05, 0.1) is 5.54 Å². The van der Waals surface area contributed by atoms with Gasteiger partial charge in [-0.1, -0.05) is 13.8 Å². The molecule has 1 saturated carbocycles. The third kappa shape index (κ3) is 5.67. The number of aliphatic hydroxyl groups excluding tert-OH is 2. The van der Waals surface area contributed by atoms with E-state index >= 15 is 0 Å². The Bertz CT molecular complexity index is 398. The molecule has 0 aromatic heterocycles. The molecule has 0 unspecified atom stereocenters. The molecule has 21 heavy (non-hydrogen) atoms. The van der Waals surface area contributed by atoms with Crippen LogP contribution in [-0.4, -0.2) is 46.8 Å². The van der Waals surface area contributed by atoms with Crippen molar-refractivity contribution >= 4 is 5.91 Å². The lowest BCUT2D eigenvalue weighted by Gasteiger charge is -2.34. The first-order chi connectivity index (χ1) is 9.58. The number of hydrogen-bond acceptors (Lipinski definition) is 4. The van der Waals surface area contributed by atoms with E-state index < -0.39 is 5.54 Å². The van der Waals surface area contributed by atoms with Crippen LogP contribution in [0.5, 0.6) is 0 Å². The number of nitrogens with zero attached hydrogens (tertiary/aromatic N) is 1. The summed E-state index contributed by atoms with van der Waals surface area (Å²) >= 11 is 0. The van der Waals surface area contributed by atoms with Crippen molar-refractivity contribution in [2.24, 2.45) is 11.3 Å². The molecule has 0 spiro atoms. The molecule has 3 N–H and O–H groups in total. The van der Waals surface area contributed by atoms with Gasteiger partial charge in [-0.25, -0.2) is 0 Å². The number of carbonyl (C=O) groups excluding carboxylic acids is 1. The predicted molar refractivity (Wildman–Crippen MR) is 83.8 cm³/mol. The van der Waals surface area contributed by atoms with Gasteiger partial charge >= 0.3 is 0 Å².